The van der Waals surface area contributed by atoms with Crippen molar-refractivity contribution in [3.8, 4) is 0 Å². The third kappa shape index (κ3) is 3.95. The lowest BCUT2D eigenvalue weighted by molar-refractivity contribution is 0.183. The topological polar surface area (TPSA) is 32.3 Å². The number of benzene rings is 1. The van der Waals surface area contributed by atoms with Crippen LogP contribution in [0.2, 0.25) is 0 Å². The van der Waals surface area contributed by atoms with Crippen LogP contribution < -0.4 is 5.32 Å². The molecule has 0 fully saturated rings. The van der Waals surface area contributed by atoms with Crippen LogP contribution in [0.25, 0.3) is 0 Å². The van der Waals surface area contributed by atoms with Crippen LogP contribution in [0.1, 0.15) is 35.6 Å². The fourth-order valence-corrected chi connectivity index (χ4v) is 2.01. The Morgan fingerprint density at radius 2 is 1.75 bits per heavy atom. The lowest BCUT2D eigenvalue weighted by Crippen LogP contribution is -2.19. The maximum absolute atomic E-state index is 9.16. The highest BCUT2D eigenvalue weighted by atomic mass is 16.3. The third-order valence-electron chi connectivity index (χ3n) is 2.88. The van der Waals surface area contributed by atoms with Gasteiger partial charge in [-0.15, -0.1) is 0 Å². The smallest absolute Gasteiger partial charge is 0.0524 e. The van der Waals surface area contributed by atoms with E-state index in [4.69, 9.17) is 5.11 Å². The van der Waals surface area contributed by atoms with Gasteiger partial charge < -0.3 is 10.4 Å². The van der Waals surface area contributed by atoms with E-state index in [0.717, 1.165) is 19.5 Å². The van der Waals surface area contributed by atoms with E-state index in [1.165, 1.54) is 22.3 Å². The molecule has 1 aromatic rings. The van der Waals surface area contributed by atoms with E-state index in [2.05, 4.69) is 38.2 Å². The summed E-state index contributed by atoms with van der Waals surface area (Å²) in [7, 11) is 0. The highest BCUT2D eigenvalue weighted by Gasteiger charge is 2.03. The molecule has 0 aliphatic carbocycles. The van der Waals surface area contributed by atoms with Gasteiger partial charge in [0, 0.05) is 6.54 Å². The van der Waals surface area contributed by atoms with E-state index in [9.17, 15) is 0 Å². The summed E-state index contributed by atoms with van der Waals surface area (Å²) < 4.78 is 0. The van der Waals surface area contributed by atoms with Crippen LogP contribution in [0, 0.1) is 20.8 Å². The van der Waals surface area contributed by atoms with Crippen LogP contribution >= 0.6 is 0 Å². The molecule has 1 atom stereocenters. The Hall–Kier alpha value is -0.860. The lowest BCUT2D eigenvalue weighted by atomic mass is 10.00. The number of aryl methyl sites for hydroxylation is 3. The summed E-state index contributed by atoms with van der Waals surface area (Å²) >= 11 is 0. The van der Waals surface area contributed by atoms with Gasteiger partial charge in [0.1, 0.15) is 0 Å². The maximum atomic E-state index is 9.16. The second-order valence-corrected chi connectivity index (χ2v) is 4.69. The zero-order chi connectivity index (χ0) is 12.1. The van der Waals surface area contributed by atoms with Crippen molar-refractivity contribution in [2.75, 3.05) is 6.54 Å². The predicted octanol–water partition coefficient (Wildman–Crippen LogP) is 2.47. The largest absolute Gasteiger partial charge is 0.393 e. The molecule has 2 nitrogen and oxygen atoms in total. The molecule has 16 heavy (non-hydrogen) atoms. The SMILES string of the molecule is Cc1cc(C)c(CNCCC(C)O)c(C)c1. The van der Waals surface area contributed by atoms with E-state index >= 15 is 0 Å². The van der Waals surface area contributed by atoms with Gasteiger partial charge in [-0.2, -0.15) is 0 Å². The van der Waals surface area contributed by atoms with Crippen molar-refractivity contribution in [2.45, 2.75) is 46.8 Å². The second-order valence-electron chi connectivity index (χ2n) is 4.69. The van der Waals surface area contributed by atoms with Crippen molar-refractivity contribution in [3.05, 3.63) is 34.4 Å². The molecule has 0 spiro atoms. The van der Waals surface area contributed by atoms with Crippen molar-refractivity contribution in [2.24, 2.45) is 0 Å². The molecule has 0 aliphatic heterocycles. The monoisotopic (exact) mass is 221 g/mol. The average Bonchev–Trinajstić information content (AvgIpc) is 2.14. The summed E-state index contributed by atoms with van der Waals surface area (Å²) in [6, 6.07) is 4.44. The minimum absolute atomic E-state index is 0.215. The molecule has 0 amide bonds. The Bertz CT molecular complexity index is 322. The van der Waals surface area contributed by atoms with Gasteiger partial charge in [-0.3, -0.25) is 0 Å². The molecule has 1 unspecified atom stereocenters. The molecule has 1 aromatic carbocycles. The molecule has 1 rings (SSSR count). The van der Waals surface area contributed by atoms with Gasteiger partial charge in [0.25, 0.3) is 0 Å². The highest BCUT2D eigenvalue weighted by Crippen LogP contribution is 2.15. The lowest BCUT2D eigenvalue weighted by Gasteiger charge is -2.12. The Kier molecular flexibility index (Phi) is 4.97. The zero-order valence-electron chi connectivity index (χ0n) is 10.8. The summed E-state index contributed by atoms with van der Waals surface area (Å²) in [6.45, 7) is 10.0. The Morgan fingerprint density at radius 3 is 2.25 bits per heavy atom. The number of hydrogen-bond acceptors (Lipinski definition) is 2. The van der Waals surface area contributed by atoms with Crippen LogP contribution in [-0.2, 0) is 6.54 Å². The minimum atomic E-state index is -0.215. The van der Waals surface area contributed by atoms with Gasteiger partial charge in [0.2, 0.25) is 0 Å². The van der Waals surface area contributed by atoms with Gasteiger partial charge in [0.15, 0.2) is 0 Å². The molecule has 90 valence electrons. The quantitative estimate of drug-likeness (QED) is 0.749. The van der Waals surface area contributed by atoms with Crippen molar-refractivity contribution in [1.82, 2.24) is 5.32 Å². The fraction of sp³-hybridized carbons (Fsp3) is 0.571. The van der Waals surface area contributed by atoms with E-state index in [1.54, 1.807) is 0 Å². The van der Waals surface area contributed by atoms with Crippen molar-refractivity contribution >= 4 is 0 Å². The zero-order valence-corrected chi connectivity index (χ0v) is 10.8. The maximum Gasteiger partial charge on any atom is 0.0524 e. The molecule has 0 saturated heterocycles. The number of aliphatic hydroxyl groups is 1. The summed E-state index contributed by atoms with van der Waals surface area (Å²) in [5.74, 6) is 0. The average molecular weight is 221 g/mol. The van der Waals surface area contributed by atoms with E-state index in [1.807, 2.05) is 6.92 Å². The number of rotatable bonds is 5. The minimum Gasteiger partial charge on any atom is -0.393 e. The van der Waals surface area contributed by atoms with E-state index in [-0.39, 0.29) is 6.10 Å². The molecule has 0 aliphatic rings. The van der Waals surface area contributed by atoms with Crippen LogP contribution in [0.3, 0.4) is 0 Å². The summed E-state index contributed by atoms with van der Waals surface area (Å²) in [6.07, 6.45) is 0.594. The van der Waals surface area contributed by atoms with Gasteiger partial charge >= 0.3 is 0 Å². The highest BCUT2D eigenvalue weighted by molar-refractivity contribution is 5.37. The van der Waals surface area contributed by atoms with Crippen molar-refractivity contribution in [3.63, 3.8) is 0 Å². The van der Waals surface area contributed by atoms with Gasteiger partial charge in [-0.25, -0.2) is 0 Å². The molecule has 0 aromatic heterocycles. The van der Waals surface area contributed by atoms with E-state index in [0.29, 0.717) is 0 Å². The third-order valence-corrected chi connectivity index (χ3v) is 2.88. The second kappa shape index (κ2) is 6.02. The first-order valence-corrected chi connectivity index (χ1v) is 5.96. The molecule has 0 radical (unpaired) electrons. The van der Waals surface area contributed by atoms with Crippen molar-refractivity contribution < 1.29 is 5.11 Å². The number of nitrogens with one attached hydrogen (secondary N) is 1. The first-order valence-electron chi connectivity index (χ1n) is 5.96. The number of hydrogen-bond donors (Lipinski definition) is 2. The first kappa shape index (κ1) is 13.2. The summed E-state index contributed by atoms with van der Waals surface area (Å²) in [4.78, 5) is 0. The standard InChI is InChI=1S/C14H23NO/c1-10-7-11(2)14(12(3)8-10)9-15-6-5-13(4)16/h7-8,13,15-16H,5-6,9H2,1-4H3. The number of aliphatic hydroxyl groups excluding tert-OH is 1. The van der Waals surface area contributed by atoms with Gasteiger partial charge in [-0.1, -0.05) is 17.7 Å². The van der Waals surface area contributed by atoms with Gasteiger partial charge in [-0.05, 0) is 57.4 Å². The Balaban J connectivity index is 2.54. The van der Waals surface area contributed by atoms with Crippen LogP contribution in [0.5, 0.6) is 0 Å². The molecule has 0 saturated carbocycles. The van der Waals surface area contributed by atoms with Gasteiger partial charge in [0.05, 0.1) is 6.10 Å². The normalized spacial score (nSPS) is 12.8. The van der Waals surface area contributed by atoms with Crippen LogP contribution in [0.15, 0.2) is 12.1 Å². The molecular weight excluding hydrogens is 198 g/mol. The summed E-state index contributed by atoms with van der Waals surface area (Å²) in [5, 5.41) is 12.5. The van der Waals surface area contributed by atoms with Crippen molar-refractivity contribution in [1.29, 1.82) is 0 Å². The predicted molar refractivity (Wildman–Crippen MR) is 68.7 cm³/mol. The molecule has 2 heteroatoms. The van der Waals surface area contributed by atoms with E-state index < -0.39 is 0 Å². The molecule has 2 N–H and O–H groups in total. The van der Waals surface area contributed by atoms with Crippen LogP contribution in [0.4, 0.5) is 0 Å². The van der Waals surface area contributed by atoms with Crippen LogP contribution in [-0.4, -0.2) is 17.8 Å². The Labute approximate surface area is 98.7 Å². The first-order chi connectivity index (χ1) is 7.50. The molecular formula is C14H23NO. The molecule has 0 heterocycles. The molecule has 0 bridgehead atoms. The fourth-order valence-electron chi connectivity index (χ4n) is 2.01. The Morgan fingerprint density at radius 1 is 1.19 bits per heavy atom. The summed E-state index contributed by atoms with van der Waals surface area (Å²) in [5.41, 5.74) is 5.41.